The van der Waals surface area contributed by atoms with E-state index in [0.717, 1.165) is 16.0 Å². The summed E-state index contributed by atoms with van der Waals surface area (Å²) in [6.07, 6.45) is 15.2. The minimum absolute atomic E-state index is 0.780. The fourth-order valence-corrected chi connectivity index (χ4v) is 2.35. The van der Waals surface area contributed by atoms with Crippen LogP contribution in [0.5, 0.6) is 0 Å². The average molecular weight is 280 g/mol. The molecule has 0 aliphatic rings. The maximum Gasteiger partial charge on any atom is 0.0242 e. The van der Waals surface area contributed by atoms with Crippen molar-refractivity contribution in [2.45, 2.75) is 25.7 Å². The number of allylic oxidation sites excluding steroid dienone is 6. The quantitative estimate of drug-likeness (QED) is 0.432. The van der Waals surface area contributed by atoms with Crippen LogP contribution in [0.4, 0.5) is 0 Å². The van der Waals surface area contributed by atoms with Crippen molar-refractivity contribution in [3.63, 3.8) is 0 Å². The van der Waals surface area contributed by atoms with E-state index in [2.05, 4.69) is 63.3 Å². The number of aryl methyl sites for hydroxylation is 2. The molecule has 0 amide bonds. The van der Waals surface area contributed by atoms with E-state index in [1.807, 2.05) is 19.1 Å². The number of terminal acetylenes is 1. The fraction of sp³-hybridized carbons (Fsp3) is 0.158. The van der Waals surface area contributed by atoms with E-state index in [1.54, 1.807) is 6.08 Å². The van der Waals surface area contributed by atoms with Crippen molar-refractivity contribution in [1.82, 2.24) is 0 Å². The third-order valence-electron chi connectivity index (χ3n) is 3.06. The molecule has 0 fully saturated rings. The minimum Gasteiger partial charge on any atom is -0.143 e. The van der Waals surface area contributed by atoms with Gasteiger partial charge in [0.1, 0.15) is 0 Å². The van der Waals surface area contributed by atoms with E-state index < -0.39 is 0 Å². The number of hydrogen-bond acceptors (Lipinski definition) is 1. The molecule has 0 bridgehead atoms. The van der Waals surface area contributed by atoms with Crippen LogP contribution in [0, 0.1) is 26.2 Å². The molecule has 0 spiro atoms. The summed E-state index contributed by atoms with van der Waals surface area (Å²) in [6.45, 7) is 9.88. The smallest absolute Gasteiger partial charge is 0.0242 e. The van der Waals surface area contributed by atoms with Gasteiger partial charge in [-0.3, -0.25) is 0 Å². The topological polar surface area (TPSA) is 0 Å². The summed E-state index contributed by atoms with van der Waals surface area (Å²) in [7, 11) is 0. The van der Waals surface area contributed by atoms with E-state index in [4.69, 9.17) is 6.42 Å². The molecular weight excluding hydrogens is 260 g/mol. The fourth-order valence-electron chi connectivity index (χ4n) is 1.96. The molecule has 0 aromatic heterocycles. The molecule has 0 saturated carbocycles. The van der Waals surface area contributed by atoms with Crippen LogP contribution in [0.2, 0.25) is 0 Å². The first-order valence-electron chi connectivity index (χ1n) is 6.47. The van der Waals surface area contributed by atoms with E-state index in [1.165, 1.54) is 16.7 Å². The van der Waals surface area contributed by atoms with Crippen LogP contribution in [0.3, 0.4) is 0 Å². The predicted octanol–water partition coefficient (Wildman–Crippen LogP) is 5.30. The van der Waals surface area contributed by atoms with Crippen LogP contribution in [0.1, 0.15) is 23.6 Å². The molecule has 20 heavy (non-hydrogen) atoms. The first-order chi connectivity index (χ1) is 9.51. The number of rotatable bonds is 4. The molecule has 0 aliphatic heterocycles. The maximum atomic E-state index is 5.41. The Morgan fingerprint density at radius 1 is 1.30 bits per heavy atom. The lowest BCUT2D eigenvalue weighted by atomic mass is 10.0. The Morgan fingerprint density at radius 3 is 2.35 bits per heavy atom. The van der Waals surface area contributed by atoms with Gasteiger partial charge in [0, 0.05) is 10.5 Å². The Morgan fingerprint density at radius 2 is 1.90 bits per heavy atom. The molecule has 0 unspecified atom stereocenters. The zero-order chi connectivity index (χ0) is 15.1. The molecule has 0 saturated heterocycles. The Kier molecular flexibility index (Phi) is 6.15. The molecule has 0 heterocycles. The monoisotopic (exact) mass is 280 g/mol. The van der Waals surface area contributed by atoms with Crippen molar-refractivity contribution in [3.8, 4) is 12.3 Å². The van der Waals surface area contributed by atoms with Crippen LogP contribution in [-0.4, -0.2) is 0 Å². The van der Waals surface area contributed by atoms with E-state index in [9.17, 15) is 0 Å². The summed E-state index contributed by atoms with van der Waals surface area (Å²) in [4.78, 5) is 0.990. The molecule has 1 heteroatoms. The molecule has 0 nitrogen and oxygen atoms in total. The van der Waals surface area contributed by atoms with Crippen molar-refractivity contribution in [2.24, 2.45) is 0 Å². The molecular formula is C19H20S. The van der Waals surface area contributed by atoms with E-state index in [0.29, 0.717) is 0 Å². The second kappa shape index (κ2) is 7.62. The van der Waals surface area contributed by atoms with Crippen molar-refractivity contribution >= 4 is 18.7 Å². The lowest BCUT2D eigenvalue weighted by molar-refractivity contribution is 1.28. The van der Waals surface area contributed by atoms with Gasteiger partial charge < -0.3 is 0 Å². The summed E-state index contributed by atoms with van der Waals surface area (Å²) in [5.74, 6) is 2.60. The van der Waals surface area contributed by atoms with Gasteiger partial charge in [-0.1, -0.05) is 36.8 Å². The minimum atomic E-state index is 0.780. The van der Waals surface area contributed by atoms with Crippen LogP contribution < -0.4 is 0 Å². The summed E-state index contributed by atoms with van der Waals surface area (Å²) >= 11 is 4.39. The number of hydrogen-bond donors (Lipinski definition) is 1. The van der Waals surface area contributed by atoms with Crippen molar-refractivity contribution < 1.29 is 0 Å². The predicted molar refractivity (Wildman–Crippen MR) is 93.1 cm³/mol. The first kappa shape index (κ1) is 16.1. The summed E-state index contributed by atoms with van der Waals surface area (Å²) in [5.41, 5.74) is 5.49. The largest absolute Gasteiger partial charge is 0.143 e. The standard InChI is InChI=1S/C19H20S/c1-6-16(7-2)13-17(8-3)9-10-19-14(4)11-18(20)12-15(19)5/h1,7-13,20H,2H2,3-5H3/b10-9+,16-13-,17-8-. The Bertz CT molecular complexity index is 611. The Labute approximate surface area is 128 Å². The third kappa shape index (κ3) is 4.33. The van der Waals surface area contributed by atoms with Crippen LogP contribution in [0.25, 0.3) is 6.08 Å². The summed E-state index contributed by atoms with van der Waals surface area (Å²) in [5, 5.41) is 0. The van der Waals surface area contributed by atoms with Crippen molar-refractivity contribution in [1.29, 1.82) is 0 Å². The molecule has 0 atom stereocenters. The van der Waals surface area contributed by atoms with Crippen LogP contribution in [-0.2, 0) is 0 Å². The second-order valence-corrected chi connectivity index (χ2v) is 5.08. The lowest BCUT2D eigenvalue weighted by Gasteiger charge is -2.06. The normalized spacial score (nSPS) is 12.6. The summed E-state index contributed by atoms with van der Waals surface area (Å²) in [6, 6.07) is 4.13. The van der Waals surface area contributed by atoms with Gasteiger partial charge in [-0.05, 0) is 61.2 Å². The van der Waals surface area contributed by atoms with Gasteiger partial charge in [-0.15, -0.1) is 19.1 Å². The zero-order valence-electron chi connectivity index (χ0n) is 12.3. The third-order valence-corrected chi connectivity index (χ3v) is 3.32. The van der Waals surface area contributed by atoms with Gasteiger partial charge in [0.2, 0.25) is 0 Å². The Hall–Kier alpha value is -1.91. The number of thiol groups is 1. The second-order valence-electron chi connectivity index (χ2n) is 4.56. The molecule has 0 radical (unpaired) electrons. The molecule has 1 rings (SSSR count). The van der Waals surface area contributed by atoms with Gasteiger partial charge in [0.15, 0.2) is 0 Å². The molecule has 1 aromatic rings. The zero-order valence-corrected chi connectivity index (χ0v) is 13.2. The maximum absolute atomic E-state index is 5.41. The molecule has 1 aromatic carbocycles. The Balaban J connectivity index is 3.12. The van der Waals surface area contributed by atoms with Gasteiger partial charge in [0.05, 0.1) is 0 Å². The molecule has 0 N–H and O–H groups in total. The highest BCUT2D eigenvalue weighted by atomic mass is 32.1. The van der Waals surface area contributed by atoms with Crippen LogP contribution >= 0.6 is 12.6 Å². The highest BCUT2D eigenvalue weighted by Crippen LogP contribution is 2.21. The van der Waals surface area contributed by atoms with E-state index >= 15 is 0 Å². The molecule has 102 valence electrons. The SMILES string of the molecule is C#C/C(C=C)=C/C(=C\C)/C=C/c1c(C)cc(S)cc1C. The van der Waals surface area contributed by atoms with Gasteiger partial charge in [-0.25, -0.2) is 0 Å². The highest BCUT2D eigenvalue weighted by molar-refractivity contribution is 7.80. The summed E-state index contributed by atoms with van der Waals surface area (Å²) < 4.78 is 0. The first-order valence-corrected chi connectivity index (χ1v) is 6.92. The van der Waals surface area contributed by atoms with Gasteiger partial charge in [0.25, 0.3) is 0 Å². The highest BCUT2D eigenvalue weighted by Gasteiger charge is 2.00. The average Bonchev–Trinajstić information content (AvgIpc) is 2.41. The van der Waals surface area contributed by atoms with Gasteiger partial charge >= 0.3 is 0 Å². The molecule has 0 aliphatic carbocycles. The van der Waals surface area contributed by atoms with Crippen molar-refractivity contribution in [2.75, 3.05) is 0 Å². The van der Waals surface area contributed by atoms with Crippen LogP contribution in [0.15, 0.2) is 59.1 Å². The van der Waals surface area contributed by atoms with Crippen molar-refractivity contribution in [3.05, 3.63) is 70.9 Å². The number of benzene rings is 1. The van der Waals surface area contributed by atoms with Gasteiger partial charge in [-0.2, -0.15) is 0 Å². The van der Waals surface area contributed by atoms with E-state index in [-0.39, 0.29) is 0 Å². The lowest BCUT2D eigenvalue weighted by Crippen LogP contribution is -1.87.